The highest BCUT2D eigenvalue weighted by Crippen LogP contribution is 2.34. The molecule has 0 bridgehead atoms. The third-order valence-electron chi connectivity index (χ3n) is 3.49. The van der Waals surface area contributed by atoms with E-state index in [1.807, 2.05) is 18.2 Å². The minimum Gasteiger partial charge on any atom is -0.465 e. The molecule has 2 atom stereocenters. The number of rotatable bonds is 3. The van der Waals surface area contributed by atoms with Crippen molar-refractivity contribution < 1.29 is 14.3 Å². The highest BCUT2D eigenvalue weighted by Gasteiger charge is 2.35. The first-order valence-electron chi connectivity index (χ1n) is 6.46. The number of ether oxygens (including phenoxy) is 1. The van der Waals surface area contributed by atoms with E-state index in [4.69, 9.17) is 4.74 Å². The lowest BCUT2D eigenvalue weighted by Crippen LogP contribution is -2.31. The van der Waals surface area contributed by atoms with Gasteiger partial charge in [-0.15, -0.1) is 0 Å². The summed E-state index contributed by atoms with van der Waals surface area (Å²) in [6.07, 6.45) is 1.89. The van der Waals surface area contributed by atoms with Gasteiger partial charge in [0, 0.05) is 6.42 Å². The first-order valence-corrected chi connectivity index (χ1v) is 6.46. The summed E-state index contributed by atoms with van der Waals surface area (Å²) in [5.41, 5.74) is 1.21. The van der Waals surface area contributed by atoms with Gasteiger partial charge in [0.05, 0.1) is 6.61 Å². The predicted molar refractivity (Wildman–Crippen MR) is 68.2 cm³/mol. The zero-order valence-corrected chi connectivity index (χ0v) is 10.6. The number of hydrogen-bond acceptors (Lipinski definition) is 3. The van der Waals surface area contributed by atoms with Crippen LogP contribution in [0.2, 0.25) is 0 Å². The molecule has 0 spiro atoms. The van der Waals surface area contributed by atoms with E-state index in [0.29, 0.717) is 25.4 Å². The molecule has 3 heteroatoms. The lowest BCUT2D eigenvalue weighted by molar-refractivity contribution is -0.153. The molecule has 1 fully saturated rings. The van der Waals surface area contributed by atoms with Crippen LogP contribution in [0.25, 0.3) is 0 Å². The van der Waals surface area contributed by atoms with Crippen LogP contribution >= 0.6 is 0 Å². The highest BCUT2D eigenvalue weighted by atomic mass is 16.5. The maximum atomic E-state index is 11.8. The fourth-order valence-corrected chi connectivity index (χ4v) is 2.52. The second kappa shape index (κ2) is 5.80. The first-order chi connectivity index (χ1) is 8.72. The second-order valence-electron chi connectivity index (χ2n) is 4.65. The minimum atomic E-state index is -0.566. The third-order valence-corrected chi connectivity index (χ3v) is 3.49. The molecule has 2 rings (SSSR count). The average molecular weight is 246 g/mol. The summed E-state index contributed by atoms with van der Waals surface area (Å²) < 4.78 is 4.98. The molecule has 18 heavy (non-hydrogen) atoms. The Hall–Kier alpha value is -1.64. The summed E-state index contributed by atoms with van der Waals surface area (Å²) in [6, 6.07) is 10.1. The fraction of sp³-hybridized carbons (Fsp3) is 0.467. The van der Waals surface area contributed by atoms with E-state index >= 15 is 0 Å². The van der Waals surface area contributed by atoms with E-state index < -0.39 is 5.92 Å². The maximum Gasteiger partial charge on any atom is 0.316 e. The normalized spacial score (nSPS) is 23.7. The molecule has 0 aromatic heterocycles. The Morgan fingerprint density at radius 3 is 2.72 bits per heavy atom. The van der Waals surface area contributed by atoms with Gasteiger partial charge >= 0.3 is 5.97 Å². The fourth-order valence-electron chi connectivity index (χ4n) is 2.52. The SMILES string of the molecule is CCOC(=O)[C@@H]1C[C@H](c2ccccc2)CCC1=O. The van der Waals surface area contributed by atoms with Gasteiger partial charge in [-0.05, 0) is 31.2 Å². The van der Waals surface area contributed by atoms with Crippen molar-refractivity contribution >= 4 is 11.8 Å². The summed E-state index contributed by atoms with van der Waals surface area (Å²) in [5.74, 6) is -0.606. The molecule has 1 aromatic carbocycles. The van der Waals surface area contributed by atoms with Gasteiger partial charge in [0.25, 0.3) is 0 Å². The van der Waals surface area contributed by atoms with Crippen LogP contribution in [0.3, 0.4) is 0 Å². The van der Waals surface area contributed by atoms with Crippen LogP contribution < -0.4 is 0 Å². The molecule has 0 radical (unpaired) electrons. The van der Waals surface area contributed by atoms with Crippen LogP contribution in [0, 0.1) is 5.92 Å². The zero-order chi connectivity index (χ0) is 13.0. The first kappa shape index (κ1) is 12.8. The maximum absolute atomic E-state index is 11.8. The summed E-state index contributed by atoms with van der Waals surface area (Å²) >= 11 is 0. The van der Waals surface area contributed by atoms with Crippen LogP contribution in [-0.2, 0) is 14.3 Å². The van der Waals surface area contributed by atoms with Crippen molar-refractivity contribution in [3.63, 3.8) is 0 Å². The van der Waals surface area contributed by atoms with Gasteiger partial charge < -0.3 is 4.74 Å². The summed E-state index contributed by atoms with van der Waals surface area (Å²) in [7, 11) is 0. The van der Waals surface area contributed by atoms with Crippen molar-refractivity contribution in [3.8, 4) is 0 Å². The lowest BCUT2D eigenvalue weighted by atomic mass is 9.77. The highest BCUT2D eigenvalue weighted by molar-refractivity contribution is 5.99. The molecule has 0 unspecified atom stereocenters. The van der Waals surface area contributed by atoms with Crippen LogP contribution in [-0.4, -0.2) is 18.4 Å². The van der Waals surface area contributed by atoms with Crippen molar-refractivity contribution in [1.29, 1.82) is 0 Å². The van der Waals surface area contributed by atoms with Crippen LogP contribution in [0.5, 0.6) is 0 Å². The second-order valence-corrected chi connectivity index (χ2v) is 4.65. The Labute approximate surface area is 107 Å². The van der Waals surface area contributed by atoms with E-state index in [2.05, 4.69) is 12.1 Å². The standard InChI is InChI=1S/C15H18O3/c1-2-18-15(17)13-10-12(8-9-14(13)16)11-6-4-3-5-7-11/h3-7,12-13H,2,8-10H2,1H3/t12-,13-/m1/s1. The van der Waals surface area contributed by atoms with Crippen molar-refractivity contribution in [2.24, 2.45) is 5.92 Å². The van der Waals surface area contributed by atoms with E-state index in [1.54, 1.807) is 6.92 Å². The summed E-state index contributed by atoms with van der Waals surface area (Å²) in [4.78, 5) is 23.5. The Balaban J connectivity index is 2.09. The van der Waals surface area contributed by atoms with Crippen LogP contribution in [0.1, 0.15) is 37.7 Å². The van der Waals surface area contributed by atoms with Crippen LogP contribution in [0.4, 0.5) is 0 Å². The van der Waals surface area contributed by atoms with Gasteiger partial charge in [-0.1, -0.05) is 30.3 Å². The molecule has 1 aliphatic carbocycles. The number of hydrogen-bond donors (Lipinski definition) is 0. The number of esters is 1. The van der Waals surface area contributed by atoms with E-state index in [0.717, 1.165) is 6.42 Å². The van der Waals surface area contributed by atoms with Crippen molar-refractivity contribution in [3.05, 3.63) is 35.9 Å². The van der Waals surface area contributed by atoms with Gasteiger partial charge in [0.15, 0.2) is 0 Å². The number of ketones is 1. The van der Waals surface area contributed by atoms with Gasteiger partial charge in [-0.2, -0.15) is 0 Å². The molecule has 96 valence electrons. The Morgan fingerprint density at radius 2 is 2.06 bits per heavy atom. The Morgan fingerprint density at radius 1 is 1.33 bits per heavy atom. The van der Waals surface area contributed by atoms with Crippen LogP contribution in [0.15, 0.2) is 30.3 Å². The molecule has 0 N–H and O–H groups in total. The van der Waals surface area contributed by atoms with Gasteiger partial charge in [-0.25, -0.2) is 0 Å². The topological polar surface area (TPSA) is 43.4 Å². The predicted octanol–water partition coefficient (Wildman–Crippen LogP) is 2.70. The van der Waals surface area contributed by atoms with E-state index in [9.17, 15) is 9.59 Å². The number of Topliss-reactive ketones (excluding diaryl/α,β-unsaturated/α-hetero) is 1. The summed E-state index contributed by atoms with van der Waals surface area (Å²) in [6.45, 7) is 2.10. The van der Waals surface area contributed by atoms with Gasteiger partial charge in [0.2, 0.25) is 0 Å². The molecule has 0 saturated heterocycles. The monoisotopic (exact) mass is 246 g/mol. The largest absolute Gasteiger partial charge is 0.465 e. The Kier molecular flexibility index (Phi) is 4.13. The van der Waals surface area contributed by atoms with E-state index in [-0.39, 0.29) is 11.8 Å². The van der Waals surface area contributed by atoms with Gasteiger partial charge in [0.1, 0.15) is 11.7 Å². The van der Waals surface area contributed by atoms with Crippen molar-refractivity contribution in [1.82, 2.24) is 0 Å². The molecule has 1 aromatic rings. The average Bonchev–Trinajstić information content (AvgIpc) is 2.40. The lowest BCUT2D eigenvalue weighted by Gasteiger charge is -2.27. The molecule has 3 nitrogen and oxygen atoms in total. The molecule has 1 saturated carbocycles. The Bertz CT molecular complexity index is 425. The smallest absolute Gasteiger partial charge is 0.316 e. The summed E-state index contributed by atoms with van der Waals surface area (Å²) in [5, 5.41) is 0. The molecule has 1 aliphatic rings. The quantitative estimate of drug-likeness (QED) is 0.608. The van der Waals surface area contributed by atoms with E-state index in [1.165, 1.54) is 5.56 Å². The van der Waals surface area contributed by atoms with Gasteiger partial charge in [-0.3, -0.25) is 9.59 Å². The van der Waals surface area contributed by atoms with Crippen molar-refractivity contribution in [2.45, 2.75) is 32.1 Å². The van der Waals surface area contributed by atoms with Crippen molar-refractivity contribution in [2.75, 3.05) is 6.61 Å². The number of carbonyl (C=O) groups is 2. The number of benzene rings is 1. The molecule has 0 amide bonds. The minimum absolute atomic E-state index is 0.0284. The molecule has 0 aliphatic heterocycles. The molecule has 0 heterocycles. The zero-order valence-electron chi connectivity index (χ0n) is 10.6. The molecular weight excluding hydrogens is 228 g/mol. The third kappa shape index (κ3) is 2.78. The molecular formula is C15H18O3. The number of carbonyl (C=O) groups excluding carboxylic acids is 2.